The topological polar surface area (TPSA) is 17.8 Å². The second-order valence-corrected chi connectivity index (χ2v) is 6.31. The fourth-order valence-corrected chi connectivity index (χ4v) is 3.43. The molecule has 0 aliphatic heterocycles. The van der Waals surface area contributed by atoms with Crippen molar-refractivity contribution in [3.05, 3.63) is 78.1 Å². The van der Waals surface area contributed by atoms with Crippen LogP contribution in [-0.4, -0.2) is 9.78 Å². The van der Waals surface area contributed by atoms with Crippen LogP contribution in [-0.2, 0) is 5.41 Å². The Hall–Kier alpha value is -2.61. The van der Waals surface area contributed by atoms with Crippen LogP contribution in [0.3, 0.4) is 0 Å². The van der Waals surface area contributed by atoms with Crippen LogP contribution in [0.15, 0.2) is 61.4 Å². The van der Waals surface area contributed by atoms with E-state index in [0.29, 0.717) is 0 Å². The SMILES string of the molecule is C=Cc1ccc2c(c1)C(C)(C)c1cc(-n3cccn3)ccc1-2. The molecule has 0 saturated carbocycles. The van der Waals surface area contributed by atoms with Crippen molar-refractivity contribution in [3.8, 4) is 16.8 Å². The summed E-state index contributed by atoms with van der Waals surface area (Å²) in [6.45, 7) is 8.47. The van der Waals surface area contributed by atoms with Crippen molar-refractivity contribution >= 4 is 6.08 Å². The molecule has 0 unspecified atom stereocenters. The molecule has 0 amide bonds. The van der Waals surface area contributed by atoms with Gasteiger partial charge in [0.2, 0.25) is 0 Å². The quantitative estimate of drug-likeness (QED) is 0.660. The number of aromatic nitrogens is 2. The molecule has 3 aromatic rings. The summed E-state index contributed by atoms with van der Waals surface area (Å²) < 4.78 is 1.91. The lowest BCUT2D eigenvalue weighted by Crippen LogP contribution is -2.15. The van der Waals surface area contributed by atoms with Gasteiger partial charge in [-0.05, 0) is 46.0 Å². The molecule has 0 atom stereocenters. The standard InChI is InChI=1S/C20H18N2/c1-4-14-6-8-16-17-9-7-15(22-11-5-10-21-22)13-19(17)20(2,3)18(16)12-14/h4-13H,1H2,2-3H3. The monoisotopic (exact) mass is 286 g/mol. The Morgan fingerprint density at radius 2 is 1.77 bits per heavy atom. The van der Waals surface area contributed by atoms with Gasteiger partial charge in [-0.25, -0.2) is 4.68 Å². The number of fused-ring (bicyclic) bond motifs is 3. The van der Waals surface area contributed by atoms with Crippen LogP contribution in [0.25, 0.3) is 22.9 Å². The Labute approximate surface area is 130 Å². The van der Waals surface area contributed by atoms with Gasteiger partial charge in [0.1, 0.15) is 0 Å². The molecule has 0 spiro atoms. The number of benzene rings is 2. The summed E-state index contributed by atoms with van der Waals surface area (Å²) in [5.41, 5.74) is 7.66. The molecule has 108 valence electrons. The first kappa shape index (κ1) is 13.1. The zero-order valence-electron chi connectivity index (χ0n) is 12.9. The van der Waals surface area contributed by atoms with Crippen LogP contribution in [0.5, 0.6) is 0 Å². The van der Waals surface area contributed by atoms with Gasteiger partial charge in [-0.1, -0.05) is 50.8 Å². The predicted molar refractivity (Wildman–Crippen MR) is 91.2 cm³/mol. The van der Waals surface area contributed by atoms with E-state index in [2.05, 4.69) is 61.9 Å². The first-order valence-electron chi connectivity index (χ1n) is 7.53. The van der Waals surface area contributed by atoms with Gasteiger partial charge in [0.05, 0.1) is 5.69 Å². The normalized spacial score (nSPS) is 14.5. The van der Waals surface area contributed by atoms with Gasteiger partial charge in [-0.2, -0.15) is 5.10 Å². The second kappa shape index (κ2) is 4.44. The molecule has 0 N–H and O–H groups in total. The van der Waals surface area contributed by atoms with E-state index in [1.54, 1.807) is 0 Å². The highest BCUT2D eigenvalue weighted by Gasteiger charge is 2.35. The maximum atomic E-state index is 4.34. The van der Waals surface area contributed by atoms with Gasteiger partial charge in [0, 0.05) is 17.8 Å². The van der Waals surface area contributed by atoms with Crippen molar-refractivity contribution in [3.63, 3.8) is 0 Å². The molecule has 0 saturated heterocycles. The molecule has 1 aliphatic carbocycles. The molecule has 2 nitrogen and oxygen atoms in total. The third kappa shape index (κ3) is 1.70. The smallest absolute Gasteiger partial charge is 0.0649 e. The Morgan fingerprint density at radius 1 is 1.05 bits per heavy atom. The molecular weight excluding hydrogens is 268 g/mol. The van der Waals surface area contributed by atoms with E-state index in [-0.39, 0.29) is 5.41 Å². The lowest BCUT2D eigenvalue weighted by Gasteiger charge is -2.22. The van der Waals surface area contributed by atoms with Crippen LogP contribution in [0.1, 0.15) is 30.5 Å². The van der Waals surface area contributed by atoms with Crippen LogP contribution < -0.4 is 0 Å². The maximum Gasteiger partial charge on any atom is 0.0649 e. The van der Waals surface area contributed by atoms with Crippen molar-refractivity contribution in [2.75, 3.05) is 0 Å². The minimum absolute atomic E-state index is 0.00709. The van der Waals surface area contributed by atoms with E-state index < -0.39 is 0 Å². The molecule has 0 bridgehead atoms. The summed E-state index contributed by atoms with van der Waals surface area (Å²) in [6.07, 6.45) is 5.70. The average molecular weight is 286 g/mol. The fraction of sp³-hybridized carbons (Fsp3) is 0.150. The van der Waals surface area contributed by atoms with Gasteiger partial charge in [-0.15, -0.1) is 0 Å². The molecule has 4 rings (SSSR count). The molecule has 0 fully saturated rings. The second-order valence-electron chi connectivity index (χ2n) is 6.31. The number of nitrogens with zero attached hydrogens (tertiary/aromatic N) is 2. The fourth-order valence-electron chi connectivity index (χ4n) is 3.43. The minimum Gasteiger partial charge on any atom is -0.241 e. The van der Waals surface area contributed by atoms with Crippen LogP contribution in [0.2, 0.25) is 0 Å². The van der Waals surface area contributed by atoms with Gasteiger partial charge >= 0.3 is 0 Å². The Bertz CT molecular complexity index is 871. The van der Waals surface area contributed by atoms with E-state index in [4.69, 9.17) is 0 Å². The van der Waals surface area contributed by atoms with Crippen molar-refractivity contribution in [1.29, 1.82) is 0 Å². The molecule has 1 aliphatic rings. The van der Waals surface area contributed by atoms with Crippen LogP contribution >= 0.6 is 0 Å². The van der Waals surface area contributed by atoms with E-state index in [1.165, 1.54) is 27.8 Å². The molecule has 22 heavy (non-hydrogen) atoms. The van der Waals surface area contributed by atoms with E-state index in [9.17, 15) is 0 Å². The van der Waals surface area contributed by atoms with E-state index in [0.717, 1.165) is 5.69 Å². The summed E-state index contributed by atoms with van der Waals surface area (Å²) in [7, 11) is 0. The van der Waals surface area contributed by atoms with E-state index in [1.807, 2.05) is 29.2 Å². The minimum atomic E-state index is -0.00709. The third-order valence-electron chi connectivity index (χ3n) is 4.69. The van der Waals surface area contributed by atoms with Gasteiger partial charge in [0.25, 0.3) is 0 Å². The van der Waals surface area contributed by atoms with Crippen molar-refractivity contribution < 1.29 is 0 Å². The highest BCUT2D eigenvalue weighted by molar-refractivity contribution is 5.82. The first-order chi connectivity index (χ1) is 10.6. The Kier molecular flexibility index (Phi) is 2.64. The molecule has 2 aromatic carbocycles. The molecule has 0 radical (unpaired) electrons. The van der Waals surface area contributed by atoms with Gasteiger partial charge in [-0.3, -0.25) is 0 Å². The van der Waals surface area contributed by atoms with Crippen LogP contribution in [0, 0.1) is 0 Å². The maximum absolute atomic E-state index is 4.34. The van der Waals surface area contributed by atoms with Gasteiger partial charge < -0.3 is 0 Å². The zero-order valence-corrected chi connectivity index (χ0v) is 12.9. The molecule has 1 heterocycles. The number of hydrogen-bond donors (Lipinski definition) is 0. The summed E-state index contributed by atoms with van der Waals surface area (Å²) in [6, 6.07) is 15.2. The Morgan fingerprint density at radius 3 is 2.45 bits per heavy atom. The largest absolute Gasteiger partial charge is 0.241 e. The predicted octanol–water partition coefficient (Wildman–Crippen LogP) is 4.82. The molecule has 1 aromatic heterocycles. The van der Waals surface area contributed by atoms with E-state index >= 15 is 0 Å². The lowest BCUT2D eigenvalue weighted by atomic mass is 9.82. The van der Waals surface area contributed by atoms with Crippen LogP contribution in [0.4, 0.5) is 0 Å². The van der Waals surface area contributed by atoms with Gasteiger partial charge in [0.15, 0.2) is 0 Å². The summed E-state index contributed by atoms with van der Waals surface area (Å²) >= 11 is 0. The first-order valence-corrected chi connectivity index (χ1v) is 7.53. The molecular formula is C20H18N2. The van der Waals surface area contributed by atoms with Crippen molar-refractivity contribution in [1.82, 2.24) is 9.78 Å². The third-order valence-corrected chi connectivity index (χ3v) is 4.69. The summed E-state index contributed by atoms with van der Waals surface area (Å²) in [5.74, 6) is 0. The summed E-state index contributed by atoms with van der Waals surface area (Å²) in [5, 5.41) is 4.34. The summed E-state index contributed by atoms with van der Waals surface area (Å²) in [4.78, 5) is 0. The highest BCUT2D eigenvalue weighted by atomic mass is 15.3. The van der Waals surface area contributed by atoms with Crippen molar-refractivity contribution in [2.45, 2.75) is 19.3 Å². The average Bonchev–Trinajstić information content (AvgIpc) is 3.14. The zero-order chi connectivity index (χ0) is 15.3. The Balaban J connectivity index is 1.94. The molecule has 2 heteroatoms. The van der Waals surface area contributed by atoms with Crippen molar-refractivity contribution in [2.24, 2.45) is 0 Å². The highest BCUT2D eigenvalue weighted by Crippen LogP contribution is 2.49. The number of rotatable bonds is 2. The lowest BCUT2D eigenvalue weighted by molar-refractivity contribution is 0.659. The number of hydrogen-bond acceptors (Lipinski definition) is 1.